The zero-order valence-electron chi connectivity index (χ0n) is 16.6. The lowest BCUT2D eigenvalue weighted by atomic mass is 9.87. The number of halogens is 2. The second kappa shape index (κ2) is 8.20. The molecule has 2 aliphatic heterocycles. The van der Waals surface area contributed by atoms with Crippen LogP contribution in [0.1, 0.15) is 36.5 Å². The van der Waals surface area contributed by atoms with E-state index in [1.165, 1.54) is 31.4 Å². The van der Waals surface area contributed by atoms with E-state index in [1.807, 2.05) is 7.05 Å². The maximum absolute atomic E-state index is 13.5. The van der Waals surface area contributed by atoms with Crippen LogP contribution in [0.15, 0.2) is 48.5 Å². The molecule has 2 heterocycles. The number of rotatable bonds is 5. The van der Waals surface area contributed by atoms with Gasteiger partial charge in [0.25, 0.3) is 0 Å². The van der Waals surface area contributed by atoms with Crippen LogP contribution in [0, 0.1) is 17.6 Å². The van der Waals surface area contributed by atoms with Crippen molar-refractivity contribution in [2.45, 2.75) is 43.6 Å². The van der Waals surface area contributed by atoms with Crippen LogP contribution in [-0.4, -0.2) is 43.2 Å². The predicted molar refractivity (Wildman–Crippen MR) is 104 cm³/mol. The van der Waals surface area contributed by atoms with E-state index >= 15 is 0 Å². The summed E-state index contributed by atoms with van der Waals surface area (Å²) in [6.45, 7) is 0. The molecule has 4 rings (SSSR count). The first-order chi connectivity index (χ1) is 14.0. The maximum Gasteiger partial charge on any atom is 0.312 e. The second-order valence-corrected chi connectivity index (χ2v) is 7.91. The molecule has 154 valence electrons. The van der Waals surface area contributed by atoms with Gasteiger partial charge >= 0.3 is 5.97 Å². The van der Waals surface area contributed by atoms with Crippen LogP contribution in [0.3, 0.4) is 0 Å². The van der Waals surface area contributed by atoms with E-state index < -0.39 is 12.0 Å². The molecule has 6 heteroatoms. The van der Waals surface area contributed by atoms with Crippen molar-refractivity contribution in [3.05, 3.63) is 71.3 Å². The first kappa shape index (κ1) is 20.0. The van der Waals surface area contributed by atoms with Gasteiger partial charge in [0.15, 0.2) is 0 Å². The van der Waals surface area contributed by atoms with E-state index in [1.54, 1.807) is 24.3 Å². The summed E-state index contributed by atoms with van der Waals surface area (Å²) in [5.74, 6) is -1.34. The first-order valence-corrected chi connectivity index (χ1v) is 9.94. The molecule has 2 saturated heterocycles. The highest BCUT2D eigenvalue weighted by atomic mass is 19.1. The van der Waals surface area contributed by atoms with Gasteiger partial charge in [-0.05, 0) is 61.7 Å². The van der Waals surface area contributed by atoms with Crippen LogP contribution in [-0.2, 0) is 14.3 Å². The first-order valence-electron chi connectivity index (χ1n) is 9.94. The van der Waals surface area contributed by atoms with Gasteiger partial charge in [0.1, 0.15) is 17.7 Å². The van der Waals surface area contributed by atoms with Crippen molar-refractivity contribution < 1.29 is 23.0 Å². The third-order valence-corrected chi connectivity index (χ3v) is 6.34. The van der Waals surface area contributed by atoms with Crippen molar-refractivity contribution >= 4 is 5.97 Å². The summed E-state index contributed by atoms with van der Waals surface area (Å²) in [5.41, 5.74) is 1.51. The molecule has 0 unspecified atom stereocenters. The van der Waals surface area contributed by atoms with Crippen LogP contribution in [0.5, 0.6) is 0 Å². The van der Waals surface area contributed by atoms with Gasteiger partial charge in [-0.15, -0.1) is 0 Å². The average Bonchev–Trinajstić information content (AvgIpc) is 2.96. The number of carbonyl (C=O) groups excluding carboxylic acids is 1. The largest absolute Gasteiger partial charge is 0.469 e. The normalized spacial score (nSPS) is 26.7. The Morgan fingerprint density at radius 1 is 1.00 bits per heavy atom. The molecule has 0 aromatic heterocycles. The number of hydrogen-bond acceptors (Lipinski definition) is 4. The zero-order chi connectivity index (χ0) is 20.5. The Bertz CT molecular complexity index is 810. The lowest BCUT2D eigenvalue weighted by Gasteiger charge is -2.42. The van der Waals surface area contributed by atoms with Gasteiger partial charge in [0.05, 0.1) is 19.1 Å². The predicted octanol–water partition coefficient (Wildman–Crippen LogP) is 4.10. The van der Waals surface area contributed by atoms with Crippen molar-refractivity contribution in [1.82, 2.24) is 4.90 Å². The summed E-state index contributed by atoms with van der Waals surface area (Å²) < 4.78 is 38.6. The smallest absolute Gasteiger partial charge is 0.312 e. The van der Waals surface area contributed by atoms with Gasteiger partial charge in [0, 0.05) is 12.1 Å². The van der Waals surface area contributed by atoms with Crippen LogP contribution in [0.25, 0.3) is 0 Å². The van der Waals surface area contributed by atoms with Gasteiger partial charge in [-0.3, -0.25) is 9.69 Å². The van der Waals surface area contributed by atoms with Gasteiger partial charge in [-0.25, -0.2) is 8.78 Å². The third kappa shape index (κ3) is 3.91. The van der Waals surface area contributed by atoms with Crippen LogP contribution >= 0.6 is 0 Å². The fraction of sp³-hybridized carbons (Fsp3) is 0.435. The molecule has 0 aliphatic carbocycles. The Labute approximate surface area is 169 Å². The summed E-state index contributed by atoms with van der Waals surface area (Å²) in [6, 6.07) is 12.6. The SMILES string of the molecule is COC(=O)[C@H]1[C@H](OC(c2ccc(F)cc2)c2ccc(F)cc2)C[C@H]2CC[C@@H]1N2C. The number of ether oxygens (including phenoxy) is 2. The van der Waals surface area contributed by atoms with Crippen LogP contribution < -0.4 is 0 Å². The molecule has 29 heavy (non-hydrogen) atoms. The number of methoxy groups -OCH3 is 1. The molecule has 2 aliphatic rings. The molecule has 4 nitrogen and oxygen atoms in total. The molecule has 4 atom stereocenters. The molecule has 0 amide bonds. The maximum atomic E-state index is 13.5. The van der Waals surface area contributed by atoms with Gasteiger partial charge in [-0.2, -0.15) is 0 Å². The van der Waals surface area contributed by atoms with Crippen molar-refractivity contribution in [3.8, 4) is 0 Å². The van der Waals surface area contributed by atoms with Crippen molar-refractivity contribution in [2.75, 3.05) is 14.2 Å². The van der Waals surface area contributed by atoms with E-state index in [2.05, 4.69) is 4.90 Å². The number of fused-ring (bicyclic) bond motifs is 2. The number of carbonyl (C=O) groups is 1. The molecular formula is C23H25F2NO3. The zero-order valence-corrected chi connectivity index (χ0v) is 16.6. The van der Waals surface area contributed by atoms with E-state index in [9.17, 15) is 13.6 Å². The lowest BCUT2D eigenvalue weighted by Crippen LogP contribution is -2.53. The summed E-state index contributed by atoms with van der Waals surface area (Å²) in [6.07, 6.45) is 1.80. The van der Waals surface area contributed by atoms with Crippen molar-refractivity contribution in [2.24, 2.45) is 5.92 Å². The number of piperidine rings is 1. The highest BCUT2D eigenvalue weighted by molar-refractivity contribution is 5.74. The van der Waals surface area contributed by atoms with E-state index in [4.69, 9.17) is 9.47 Å². The molecule has 2 bridgehead atoms. The molecule has 2 fully saturated rings. The average molecular weight is 401 g/mol. The van der Waals surface area contributed by atoms with Gasteiger partial charge in [-0.1, -0.05) is 24.3 Å². The summed E-state index contributed by atoms with van der Waals surface area (Å²) in [5, 5.41) is 0. The fourth-order valence-corrected chi connectivity index (χ4v) is 4.81. The monoisotopic (exact) mass is 401 g/mol. The summed E-state index contributed by atoms with van der Waals surface area (Å²) in [4.78, 5) is 14.9. The highest BCUT2D eigenvalue weighted by Gasteiger charge is 2.50. The molecule has 2 aromatic carbocycles. The minimum absolute atomic E-state index is 0.0771. The Morgan fingerprint density at radius 3 is 2.07 bits per heavy atom. The number of hydrogen-bond donors (Lipinski definition) is 0. The lowest BCUT2D eigenvalue weighted by molar-refractivity contribution is -0.162. The minimum Gasteiger partial charge on any atom is -0.469 e. The second-order valence-electron chi connectivity index (χ2n) is 7.91. The molecule has 0 N–H and O–H groups in total. The molecular weight excluding hydrogens is 376 g/mol. The molecule has 0 saturated carbocycles. The number of nitrogens with zero attached hydrogens (tertiary/aromatic N) is 1. The molecule has 2 aromatic rings. The topological polar surface area (TPSA) is 38.8 Å². The minimum atomic E-state index is -0.531. The van der Waals surface area contributed by atoms with Gasteiger partial charge in [0.2, 0.25) is 0 Å². The quantitative estimate of drug-likeness (QED) is 0.708. The Balaban J connectivity index is 1.68. The fourth-order valence-electron chi connectivity index (χ4n) is 4.81. The van der Waals surface area contributed by atoms with E-state index in [-0.39, 0.29) is 29.7 Å². The van der Waals surface area contributed by atoms with Gasteiger partial charge < -0.3 is 9.47 Å². The van der Waals surface area contributed by atoms with E-state index in [0.29, 0.717) is 12.5 Å². The van der Waals surface area contributed by atoms with Crippen molar-refractivity contribution in [1.29, 1.82) is 0 Å². The summed E-state index contributed by atoms with van der Waals surface area (Å²) >= 11 is 0. The van der Waals surface area contributed by atoms with Crippen LogP contribution in [0.4, 0.5) is 8.78 Å². The number of benzene rings is 2. The standard InChI is InChI=1S/C23H25F2NO3/c1-26-18-11-12-19(26)21(23(27)28-2)20(13-18)29-22(14-3-7-16(24)8-4-14)15-5-9-17(25)10-6-15/h3-10,18-22H,11-13H2,1-2H3/t18-,19+,20-,21-/m1/s1. The molecule has 0 radical (unpaired) electrons. The van der Waals surface area contributed by atoms with Crippen molar-refractivity contribution in [3.63, 3.8) is 0 Å². The summed E-state index contributed by atoms with van der Waals surface area (Å²) in [7, 11) is 3.45. The third-order valence-electron chi connectivity index (χ3n) is 6.34. The Morgan fingerprint density at radius 2 is 1.55 bits per heavy atom. The Hall–Kier alpha value is -2.31. The van der Waals surface area contributed by atoms with Crippen LogP contribution in [0.2, 0.25) is 0 Å². The number of esters is 1. The highest BCUT2D eigenvalue weighted by Crippen LogP contribution is 2.42. The Kier molecular flexibility index (Phi) is 5.65. The molecule has 0 spiro atoms. The van der Waals surface area contributed by atoms with E-state index in [0.717, 1.165) is 24.0 Å².